The molecule has 1 amide bonds. The number of carbonyl (C=O) groups is 1. The first-order chi connectivity index (χ1) is 14.2. The van der Waals surface area contributed by atoms with E-state index in [4.69, 9.17) is 13.9 Å². The van der Waals surface area contributed by atoms with Crippen molar-refractivity contribution < 1.29 is 28.3 Å². The number of furan rings is 1. The number of aliphatic hydroxyl groups excluding tert-OH is 1. The number of rotatable bonds is 6. The Bertz CT molecular complexity index is 1040. The number of fused-ring (bicyclic) bond motifs is 1. The summed E-state index contributed by atoms with van der Waals surface area (Å²) in [6.45, 7) is 5.00. The van der Waals surface area contributed by atoms with E-state index in [0.29, 0.717) is 23.5 Å². The second-order valence-corrected chi connectivity index (χ2v) is 8.07. The monoisotopic (exact) mass is 415 g/mol. The Balaban J connectivity index is 1.93. The molecule has 1 heterocycles. The molecule has 1 aromatic heterocycles. The van der Waals surface area contributed by atoms with Crippen molar-refractivity contribution in [2.75, 3.05) is 7.11 Å². The molecule has 0 saturated heterocycles. The predicted octanol–water partition coefficient (Wildman–Crippen LogP) is 5.36. The van der Waals surface area contributed by atoms with Crippen LogP contribution in [0, 0.1) is 0 Å². The molecule has 1 N–H and O–H groups in total. The zero-order chi connectivity index (χ0) is 21.9. The first kappa shape index (κ1) is 21.8. The molecule has 0 aliphatic heterocycles. The van der Waals surface area contributed by atoms with Gasteiger partial charge in [-0.3, -0.25) is 0 Å². The number of amides is 1. The summed E-state index contributed by atoms with van der Waals surface area (Å²) in [6.07, 6.45) is -1.03. The Morgan fingerprint density at radius 2 is 1.93 bits per heavy atom. The summed E-state index contributed by atoms with van der Waals surface area (Å²) < 4.78 is 30.4. The van der Waals surface area contributed by atoms with Gasteiger partial charge in [0.05, 0.1) is 13.2 Å². The molecule has 0 saturated carbocycles. The molecular formula is C23H26FNO5. The highest BCUT2D eigenvalue weighted by molar-refractivity contribution is 5.93. The second kappa shape index (κ2) is 8.85. The molecule has 0 atom stereocenters. The lowest BCUT2D eigenvalue weighted by Gasteiger charge is -2.22. The lowest BCUT2D eigenvalue weighted by molar-refractivity contribution is -0.0350. The molecule has 0 aliphatic rings. The van der Waals surface area contributed by atoms with Crippen LogP contribution >= 0.6 is 0 Å². The number of carbonyl (C=O) groups excluding carboxylic acids is 1. The number of hydrogen-bond acceptors (Lipinski definition) is 5. The Kier molecular flexibility index (Phi) is 6.43. The van der Waals surface area contributed by atoms with Crippen LogP contribution in [0.25, 0.3) is 22.1 Å². The van der Waals surface area contributed by atoms with E-state index in [9.17, 15) is 14.4 Å². The summed E-state index contributed by atoms with van der Waals surface area (Å²) in [4.78, 5) is 11.9. The van der Waals surface area contributed by atoms with Gasteiger partial charge in [-0.2, -0.15) is 0 Å². The van der Waals surface area contributed by atoms with E-state index in [1.807, 2.05) is 24.3 Å². The third-order valence-electron chi connectivity index (χ3n) is 4.35. The SMILES string of the molecule is COCc1cc2cc(CO)cc(-c3cccc(CN(F)C(=O)OC(C)(C)C)c3)c2o1. The number of benzene rings is 2. The third kappa shape index (κ3) is 5.17. The van der Waals surface area contributed by atoms with Gasteiger partial charge in [-0.1, -0.05) is 22.7 Å². The summed E-state index contributed by atoms with van der Waals surface area (Å²) in [5.74, 6) is 0.667. The average Bonchev–Trinajstić information content (AvgIpc) is 3.08. The van der Waals surface area contributed by atoms with Gasteiger partial charge < -0.3 is 19.0 Å². The Morgan fingerprint density at radius 1 is 1.17 bits per heavy atom. The van der Waals surface area contributed by atoms with E-state index >= 15 is 0 Å². The maximum atomic E-state index is 14.3. The molecule has 0 aliphatic carbocycles. The highest BCUT2D eigenvalue weighted by Gasteiger charge is 2.22. The van der Waals surface area contributed by atoms with E-state index in [-0.39, 0.29) is 18.3 Å². The van der Waals surface area contributed by atoms with Gasteiger partial charge in [0.1, 0.15) is 23.6 Å². The number of methoxy groups -OCH3 is 1. The van der Waals surface area contributed by atoms with Crippen LogP contribution in [-0.2, 0) is 29.2 Å². The zero-order valence-electron chi connectivity index (χ0n) is 17.6. The molecular weight excluding hydrogens is 389 g/mol. The normalized spacial score (nSPS) is 11.7. The smallest absolute Gasteiger partial charge is 0.438 e. The van der Waals surface area contributed by atoms with Gasteiger partial charge in [0.2, 0.25) is 0 Å². The summed E-state index contributed by atoms with van der Waals surface area (Å²) >= 11 is 0. The van der Waals surface area contributed by atoms with Gasteiger partial charge >= 0.3 is 6.09 Å². The Labute approximate surface area is 174 Å². The maximum absolute atomic E-state index is 14.3. The van der Waals surface area contributed by atoms with Gasteiger partial charge in [-0.05, 0) is 61.7 Å². The van der Waals surface area contributed by atoms with Crippen LogP contribution in [0.1, 0.15) is 37.7 Å². The van der Waals surface area contributed by atoms with Crippen molar-refractivity contribution in [3.8, 4) is 11.1 Å². The minimum atomic E-state index is -1.03. The van der Waals surface area contributed by atoms with Gasteiger partial charge in [-0.25, -0.2) is 4.79 Å². The molecule has 30 heavy (non-hydrogen) atoms. The fraction of sp³-hybridized carbons (Fsp3) is 0.348. The Morgan fingerprint density at radius 3 is 2.60 bits per heavy atom. The number of hydrogen-bond donors (Lipinski definition) is 1. The molecule has 3 aromatic rings. The van der Waals surface area contributed by atoms with Crippen molar-refractivity contribution in [2.45, 2.75) is 46.1 Å². The number of halogens is 1. The van der Waals surface area contributed by atoms with Gasteiger partial charge in [0, 0.05) is 18.1 Å². The van der Waals surface area contributed by atoms with E-state index in [0.717, 1.165) is 22.1 Å². The average molecular weight is 415 g/mol. The van der Waals surface area contributed by atoms with Gasteiger partial charge in [0.15, 0.2) is 0 Å². The van der Waals surface area contributed by atoms with E-state index in [2.05, 4.69) is 0 Å². The number of aliphatic hydroxyl groups is 1. The molecule has 3 rings (SSSR count). The van der Waals surface area contributed by atoms with Crippen molar-refractivity contribution in [2.24, 2.45) is 0 Å². The molecule has 7 heteroatoms. The highest BCUT2D eigenvalue weighted by Crippen LogP contribution is 2.33. The first-order valence-electron chi connectivity index (χ1n) is 9.61. The molecule has 0 unspecified atom stereocenters. The van der Waals surface area contributed by atoms with Gasteiger partial charge in [0.25, 0.3) is 0 Å². The van der Waals surface area contributed by atoms with E-state index in [1.54, 1.807) is 46.1 Å². The van der Waals surface area contributed by atoms with Crippen molar-refractivity contribution in [3.05, 3.63) is 59.4 Å². The molecule has 6 nitrogen and oxygen atoms in total. The first-order valence-corrected chi connectivity index (χ1v) is 9.61. The number of nitrogens with zero attached hydrogens (tertiary/aromatic N) is 1. The molecule has 0 spiro atoms. The minimum Gasteiger partial charge on any atom is -0.458 e. The predicted molar refractivity (Wildman–Crippen MR) is 111 cm³/mol. The number of ether oxygens (including phenoxy) is 2. The standard InChI is InChI=1S/C23H26FNO5/c1-23(2,3)30-22(27)25(24)12-15-6-5-7-17(8-15)20-10-16(13-26)9-18-11-19(14-28-4)29-21(18)20/h5-11,26H,12-14H2,1-4H3. The highest BCUT2D eigenvalue weighted by atomic mass is 19.2. The molecule has 0 bridgehead atoms. The summed E-state index contributed by atoms with van der Waals surface area (Å²) in [5, 5.41) is 10.5. The molecule has 0 radical (unpaired) electrons. The zero-order valence-corrected chi connectivity index (χ0v) is 17.6. The van der Waals surface area contributed by atoms with Crippen LogP contribution in [0.2, 0.25) is 0 Å². The van der Waals surface area contributed by atoms with Crippen molar-refractivity contribution in [1.82, 2.24) is 5.12 Å². The second-order valence-electron chi connectivity index (χ2n) is 8.07. The van der Waals surface area contributed by atoms with Crippen LogP contribution < -0.4 is 0 Å². The van der Waals surface area contributed by atoms with E-state index < -0.39 is 11.7 Å². The summed E-state index contributed by atoms with van der Waals surface area (Å²) in [7, 11) is 1.59. The largest absolute Gasteiger partial charge is 0.458 e. The quantitative estimate of drug-likeness (QED) is 0.549. The van der Waals surface area contributed by atoms with Crippen LogP contribution in [0.15, 0.2) is 46.9 Å². The van der Waals surface area contributed by atoms with Crippen LogP contribution in [-0.4, -0.2) is 29.0 Å². The van der Waals surface area contributed by atoms with Crippen LogP contribution in [0.5, 0.6) is 0 Å². The summed E-state index contributed by atoms with van der Waals surface area (Å²) in [5.41, 5.74) is 2.74. The van der Waals surface area contributed by atoms with Crippen LogP contribution in [0.3, 0.4) is 0 Å². The van der Waals surface area contributed by atoms with E-state index in [1.165, 1.54) is 0 Å². The van der Waals surface area contributed by atoms with Gasteiger partial charge in [-0.15, -0.1) is 5.12 Å². The molecule has 2 aromatic carbocycles. The maximum Gasteiger partial charge on any atom is 0.438 e. The fourth-order valence-corrected chi connectivity index (χ4v) is 3.16. The summed E-state index contributed by atoms with van der Waals surface area (Å²) in [6, 6.07) is 12.7. The molecule has 160 valence electrons. The lowest BCUT2D eigenvalue weighted by Crippen LogP contribution is -2.31. The topological polar surface area (TPSA) is 72.1 Å². The lowest BCUT2D eigenvalue weighted by atomic mass is 9.99. The fourth-order valence-electron chi connectivity index (χ4n) is 3.16. The molecule has 0 fully saturated rings. The van der Waals surface area contributed by atoms with Crippen molar-refractivity contribution in [1.29, 1.82) is 0 Å². The minimum absolute atomic E-state index is 0.0493. The van der Waals surface area contributed by atoms with Crippen LogP contribution in [0.4, 0.5) is 9.28 Å². The third-order valence-corrected chi connectivity index (χ3v) is 4.35. The van der Waals surface area contributed by atoms with Crippen molar-refractivity contribution >= 4 is 17.1 Å². The Hall–Kier alpha value is -2.90. The van der Waals surface area contributed by atoms with Crippen molar-refractivity contribution in [3.63, 3.8) is 0 Å².